The summed E-state index contributed by atoms with van der Waals surface area (Å²) in [4.78, 5) is 4.14. The van der Waals surface area contributed by atoms with Gasteiger partial charge in [-0.1, -0.05) is 42.5 Å². The molecule has 0 aliphatic heterocycles. The Morgan fingerprint density at radius 3 is 2.00 bits per heavy atom. The number of nitrogens with zero attached hydrogens (tertiary/aromatic N) is 1. The molecule has 2 N–H and O–H groups in total. The molecule has 0 radical (unpaired) electrons. The first kappa shape index (κ1) is 18.6. The lowest BCUT2D eigenvalue weighted by Gasteiger charge is -2.13. The van der Waals surface area contributed by atoms with E-state index in [0.717, 1.165) is 11.1 Å². The smallest absolute Gasteiger partial charge is 0.422 e. The van der Waals surface area contributed by atoms with Crippen LogP contribution in [0.25, 0.3) is 0 Å². The van der Waals surface area contributed by atoms with E-state index >= 15 is 0 Å². The maximum atomic E-state index is 12.1. The lowest BCUT2D eigenvalue weighted by molar-refractivity contribution is -0.153. The summed E-state index contributed by atoms with van der Waals surface area (Å²) >= 11 is 0. The van der Waals surface area contributed by atoms with Gasteiger partial charge in [-0.2, -0.15) is 13.2 Å². The van der Waals surface area contributed by atoms with E-state index < -0.39 is 12.8 Å². The highest BCUT2D eigenvalue weighted by atomic mass is 19.4. The Bertz CT molecular complexity index is 670. The largest absolute Gasteiger partial charge is 0.484 e. The second-order valence-corrected chi connectivity index (χ2v) is 5.31. The fourth-order valence-electron chi connectivity index (χ4n) is 2.06. The van der Waals surface area contributed by atoms with Crippen LogP contribution in [0.5, 0.6) is 5.75 Å². The molecule has 0 fully saturated rings. The van der Waals surface area contributed by atoms with Gasteiger partial charge < -0.3 is 15.4 Å². The number of ether oxygens (including phenoxy) is 1. The van der Waals surface area contributed by atoms with Crippen molar-refractivity contribution in [3.05, 3.63) is 65.7 Å². The molecule has 0 bridgehead atoms. The van der Waals surface area contributed by atoms with Gasteiger partial charge in [-0.05, 0) is 23.3 Å². The summed E-state index contributed by atoms with van der Waals surface area (Å²) in [7, 11) is 1.68. The molecule has 0 saturated heterocycles. The van der Waals surface area contributed by atoms with E-state index in [1.807, 2.05) is 30.3 Å². The van der Waals surface area contributed by atoms with Gasteiger partial charge in [0.15, 0.2) is 12.6 Å². The number of rotatable bonds is 6. The molecule has 2 rings (SSSR count). The minimum atomic E-state index is -4.34. The monoisotopic (exact) mass is 351 g/mol. The average Bonchev–Trinajstić information content (AvgIpc) is 2.61. The zero-order valence-electron chi connectivity index (χ0n) is 13.8. The van der Waals surface area contributed by atoms with Gasteiger partial charge in [-0.25, -0.2) is 0 Å². The maximum Gasteiger partial charge on any atom is 0.422 e. The first-order valence-electron chi connectivity index (χ1n) is 7.73. The number of hydrogen-bond donors (Lipinski definition) is 2. The van der Waals surface area contributed by atoms with Crippen LogP contribution in [0.3, 0.4) is 0 Å². The van der Waals surface area contributed by atoms with E-state index in [4.69, 9.17) is 0 Å². The Labute approximate surface area is 144 Å². The van der Waals surface area contributed by atoms with Crippen molar-refractivity contribution < 1.29 is 17.9 Å². The summed E-state index contributed by atoms with van der Waals surface area (Å²) in [6.45, 7) is -0.153. The van der Waals surface area contributed by atoms with Crippen LogP contribution in [0.2, 0.25) is 0 Å². The highest BCUT2D eigenvalue weighted by molar-refractivity contribution is 5.79. The number of halogens is 3. The summed E-state index contributed by atoms with van der Waals surface area (Å²) < 4.78 is 41.0. The van der Waals surface area contributed by atoms with Crippen molar-refractivity contribution in [2.75, 3.05) is 13.7 Å². The van der Waals surface area contributed by atoms with Gasteiger partial charge in [0, 0.05) is 20.1 Å². The Morgan fingerprint density at radius 2 is 1.48 bits per heavy atom. The van der Waals surface area contributed by atoms with Crippen LogP contribution in [0.15, 0.2) is 59.6 Å². The van der Waals surface area contributed by atoms with Crippen molar-refractivity contribution in [2.45, 2.75) is 19.3 Å². The summed E-state index contributed by atoms with van der Waals surface area (Å²) in [5, 5.41) is 6.34. The molecule has 0 amide bonds. The van der Waals surface area contributed by atoms with Crippen molar-refractivity contribution in [1.82, 2.24) is 10.6 Å². The Morgan fingerprint density at radius 1 is 0.920 bits per heavy atom. The molecule has 0 aliphatic carbocycles. The quantitative estimate of drug-likeness (QED) is 0.619. The van der Waals surface area contributed by atoms with E-state index in [0.29, 0.717) is 19.0 Å². The van der Waals surface area contributed by atoms with E-state index in [-0.39, 0.29) is 5.75 Å². The van der Waals surface area contributed by atoms with E-state index in [1.165, 1.54) is 12.1 Å². The van der Waals surface area contributed by atoms with Gasteiger partial charge in [-0.3, -0.25) is 4.99 Å². The number of aliphatic imine (C=N–C) groups is 1. The summed E-state index contributed by atoms with van der Waals surface area (Å²) in [5.41, 5.74) is 2.04. The summed E-state index contributed by atoms with van der Waals surface area (Å²) in [6.07, 6.45) is -4.34. The standard InChI is InChI=1S/C18H20F3N3O/c1-22-17(23-11-14-5-3-2-4-6-14)24-12-15-7-9-16(10-8-15)25-13-18(19,20)21/h2-10H,11-13H2,1H3,(H2,22,23,24). The van der Waals surface area contributed by atoms with Crippen molar-refractivity contribution in [2.24, 2.45) is 4.99 Å². The average molecular weight is 351 g/mol. The normalized spacial score (nSPS) is 11.9. The lowest BCUT2D eigenvalue weighted by Crippen LogP contribution is -2.36. The highest BCUT2D eigenvalue weighted by Gasteiger charge is 2.28. The van der Waals surface area contributed by atoms with Crippen LogP contribution in [-0.2, 0) is 13.1 Å². The van der Waals surface area contributed by atoms with Crippen LogP contribution in [0.4, 0.5) is 13.2 Å². The zero-order valence-corrected chi connectivity index (χ0v) is 13.8. The fourth-order valence-corrected chi connectivity index (χ4v) is 2.06. The fraction of sp³-hybridized carbons (Fsp3) is 0.278. The summed E-state index contributed by atoms with van der Waals surface area (Å²) in [5.74, 6) is 0.828. The van der Waals surface area contributed by atoms with Crippen LogP contribution in [0, 0.1) is 0 Å². The topological polar surface area (TPSA) is 45.7 Å². The van der Waals surface area contributed by atoms with Gasteiger partial charge in [0.1, 0.15) is 5.75 Å². The van der Waals surface area contributed by atoms with Crippen LogP contribution < -0.4 is 15.4 Å². The third kappa shape index (κ3) is 7.15. The van der Waals surface area contributed by atoms with Crippen molar-refractivity contribution in [1.29, 1.82) is 0 Å². The molecule has 0 heterocycles. The molecule has 0 atom stereocenters. The molecular weight excluding hydrogens is 331 g/mol. The van der Waals surface area contributed by atoms with Crippen molar-refractivity contribution >= 4 is 5.96 Å². The molecule has 0 spiro atoms. The molecular formula is C18H20F3N3O. The van der Waals surface area contributed by atoms with E-state index in [1.54, 1.807) is 19.2 Å². The lowest BCUT2D eigenvalue weighted by atomic mass is 10.2. The van der Waals surface area contributed by atoms with Crippen LogP contribution >= 0.6 is 0 Å². The number of alkyl halides is 3. The minimum absolute atomic E-state index is 0.188. The summed E-state index contributed by atoms with van der Waals surface area (Å²) in [6, 6.07) is 16.4. The maximum absolute atomic E-state index is 12.1. The van der Waals surface area contributed by atoms with Crippen molar-refractivity contribution in [3.8, 4) is 5.75 Å². The number of nitrogens with one attached hydrogen (secondary N) is 2. The molecule has 2 aromatic rings. The molecule has 7 heteroatoms. The molecule has 0 aliphatic rings. The van der Waals surface area contributed by atoms with E-state index in [2.05, 4.69) is 20.4 Å². The zero-order chi connectivity index (χ0) is 18.1. The highest BCUT2D eigenvalue weighted by Crippen LogP contribution is 2.18. The Balaban J connectivity index is 1.79. The SMILES string of the molecule is CN=C(NCc1ccccc1)NCc1ccc(OCC(F)(F)F)cc1. The van der Waals surface area contributed by atoms with Crippen molar-refractivity contribution in [3.63, 3.8) is 0 Å². The van der Waals surface area contributed by atoms with Crippen LogP contribution in [0.1, 0.15) is 11.1 Å². The predicted octanol–water partition coefficient (Wildman–Crippen LogP) is 3.49. The Hall–Kier alpha value is -2.70. The molecule has 2 aromatic carbocycles. The molecule has 134 valence electrons. The van der Waals surface area contributed by atoms with Crippen LogP contribution in [-0.4, -0.2) is 25.8 Å². The first-order valence-corrected chi connectivity index (χ1v) is 7.73. The van der Waals surface area contributed by atoms with E-state index in [9.17, 15) is 13.2 Å². The third-order valence-corrected chi connectivity index (χ3v) is 3.31. The van der Waals surface area contributed by atoms with Gasteiger partial charge in [0.05, 0.1) is 0 Å². The van der Waals surface area contributed by atoms with Gasteiger partial charge in [0.25, 0.3) is 0 Å². The molecule has 0 saturated carbocycles. The molecule has 0 aromatic heterocycles. The molecule has 4 nitrogen and oxygen atoms in total. The predicted molar refractivity (Wildman–Crippen MR) is 91.5 cm³/mol. The number of hydrogen-bond acceptors (Lipinski definition) is 2. The van der Waals surface area contributed by atoms with Gasteiger partial charge in [0.2, 0.25) is 0 Å². The molecule has 0 unspecified atom stereocenters. The van der Waals surface area contributed by atoms with Gasteiger partial charge >= 0.3 is 6.18 Å². The second kappa shape index (κ2) is 8.96. The second-order valence-electron chi connectivity index (χ2n) is 5.31. The minimum Gasteiger partial charge on any atom is -0.484 e. The first-order chi connectivity index (χ1) is 12.0. The molecule has 25 heavy (non-hydrogen) atoms. The van der Waals surface area contributed by atoms with Gasteiger partial charge in [-0.15, -0.1) is 0 Å². The number of guanidine groups is 1. The number of benzene rings is 2. The third-order valence-electron chi connectivity index (χ3n) is 3.31. The Kier molecular flexibility index (Phi) is 6.68.